The van der Waals surface area contributed by atoms with Gasteiger partial charge in [-0.1, -0.05) is 20.8 Å². The number of nitrogens with one attached hydrogen (secondary N) is 1. The van der Waals surface area contributed by atoms with Crippen LogP contribution in [0.2, 0.25) is 0 Å². The Morgan fingerprint density at radius 3 is 2.40 bits per heavy atom. The van der Waals surface area contributed by atoms with Crippen molar-refractivity contribution in [3.63, 3.8) is 0 Å². The summed E-state index contributed by atoms with van der Waals surface area (Å²) in [4.78, 5) is 10.4. The van der Waals surface area contributed by atoms with E-state index in [4.69, 9.17) is 5.84 Å². The van der Waals surface area contributed by atoms with Crippen molar-refractivity contribution in [3.05, 3.63) is 0 Å². The molecule has 0 heterocycles. The molecule has 4 nitrogen and oxygen atoms in total. The second-order valence-electron chi connectivity index (χ2n) is 3.28. The summed E-state index contributed by atoms with van der Waals surface area (Å²) in [5.41, 5.74) is 1.87. The van der Waals surface area contributed by atoms with Crippen molar-refractivity contribution in [1.29, 1.82) is 0 Å². The van der Waals surface area contributed by atoms with Gasteiger partial charge in [0.1, 0.15) is 0 Å². The Morgan fingerprint density at radius 2 is 2.10 bits per heavy atom. The molecule has 0 aliphatic heterocycles. The van der Waals surface area contributed by atoms with Crippen LogP contribution in [0.3, 0.4) is 0 Å². The molecule has 0 radical (unpaired) electrons. The van der Waals surface area contributed by atoms with Gasteiger partial charge in [-0.2, -0.15) is 0 Å². The molecule has 0 aliphatic carbocycles. The van der Waals surface area contributed by atoms with Crippen molar-refractivity contribution in [2.24, 2.45) is 11.3 Å². The number of amides is 1. The van der Waals surface area contributed by atoms with Crippen LogP contribution in [0, 0.1) is 5.41 Å². The normalized spacial score (nSPS) is 10.8. The molecule has 0 unspecified atom stereocenters. The quantitative estimate of drug-likeness (QED) is 0.324. The van der Waals surface area contributed by atoms with E-state index in [0.717, 1.165) is 0 Å². The number of carbonyl (C=O) groups is 1. The zero-order valence-electron chi connectivity index (χ0n) is 6.60. The van der Waals surface area contributed by atoms with E-state index >= 15 is 0 Å². The van der Waals surface area contributed by atoms with E-state index in [1.165, 1.54) is 0 Å². The third-order valence-corrected chi connectivity index (χ3v) is 0.754. The van der Waals surface area contributed by atoms with Gasteiger partial charge in [0.15, 0.2) is 0 Å². The van der Waals surface area contributed by atoms with E-state index < -0.39 is 6.09 Å². The highest BCUT2D eigenvalue weighted by atomic mass is 16.6. The second kappa shape index (κ2) is 3.41. The minimum Gasteiger partial charge on any atom is -0.448 e. The number of hydrogen-bond donors (Lipinski definition) is 2. The monoisotopic (exact) mass is 146 g/mol. The van der Waals surface area contributed by atoms with Gasteiger partial charge in [0.25, 0.3) is 0 Å². The first-order chi connectivity index (χ1) is 4.45. The molecule has 0 aliphatic rings. The maximum Gasteiger partial charge on any atom is 0.421 e. The molecule has 0 aromatic carbocycles. The smallest absolute Gasteiger partial charge is 0.421 e. The highest BCUT2D eigenvalue weighted by Gasteiger charge is 2.12. The first-order valence-corrected chi connectivity index (χ1v) is 3.09. The number of hydrogen-bond acceptors (Lipinski definition) is 3. The minimum atomic E-state index is -0.588. The fourth-order valence-corrected chi connectivity index (χ4v) is 0.324. The first kappa shape index (κ1) is 9.23. The van der Waals surface area contributed by atoms with E-state index in [9.17, 15) is 4.79 Å². The van der Waals surface area contributed by atoms with Gasteiger partial charge in [-0.15, -0.1) is 0 Å². The molecule has 0 aromatic heterocycles. The van der Waals surface area contributed by atoms with Crippen LogP contribution < -0.4 is 11.3 Å². The Balaban J connectivity index is 3.46. The van der Waals surface area contributed by atoms with Crippen molar-refractivity contribution in [2.45, 2.75) is 20.8 Å². The lowest BCUT2D eigenvalue weighted by atomic mass is 9.99. The molecular weight excluding hydrogens is 132 g/mol. The third-order valence-electron chi connectivity index (χ3n) is 0.754. The van der Waals surface area contributed by atoms with Gasteiger partial charge in [-0.05, 0) is 5.41 Å². The Hall–Kier alpha value is -0.770. The van der Waals surface area contributed by atoms with E-state index in [1.54, 1.807) is 0 Å². The lowest BCUT2D eigenvalue weighted by Gasteiger charge is -2.16. The number of ether oxygens (including phenoxy) is 1. The van der Waals surface area contributed by atoms with Crippen LogP contribution in [0.5, 0.6) is 0 Å². The van der Waals surface area contributed by atoms with Crippen LogP contribution in [-0.4, -0.2) is 12.7 Å². The summed E-state index contributed by atoms with van der Waals surface area (Å²) in [5, 5.41) is 0. The second-order valence-corrected chi connectivity index (χ2v) is 3.28. The molecule has 0 atom stereocenters. The summed E-state index contributed by atoms with van der Waals surface area (Å²) in [6.45, 7) is 6.28. The zero-order valence-corrected chi connectivity index (χ0v) is 6.60. The van der Waals surface area contributed by atoms with Crippen LogP contribution in [0.25, 0.3) is 0 Å². The van der Waals surface area contributed by atoms with Crippen molar-refractivity contribution in [2.75, 3.05) is 6.61 Å². The summed E-state index contributed by atoms with van der Waals surface area (Å²) >= 11 is 0. The highest BCUT2D eigenvalue weighted by molar-refractivity contribution is 5.66. The molecule has 0 saturated heterocycles. The van der Waals surface area contributed by atoms with E-state index in [0.29, 0.717) is 6.61 Å². The molecule has 0 fully saturated rings. The Morgan fingerprint density at radius 1 is 1.60 bits per heavy atom. The van der Waals surface area contributed by atoms with E-state index in [-0.39, 0.29) is 5.41 Å². The molecule has 0 bridgehead atoms. The van der Waals surface area contributed by atoms with Crippen molar-refractivity contribution in [1.82, 2.24) is 5.43 Å². The fraction of sp³-hybridized carbons (Fsp3) is 0.833. The Kier molecular flexibility index (Phi) is 3.15. The summed E-state index contributed by atoms with van der Waals surface area (Å²) in [6.07, 6.45) is -0.588. The molecule has 3 N–H and O–H groups in total. The molecule has 4 heteroatoms. The van der Waals surface area contributed by atoms with Crippen LogP contribution >= 0.6 is 0 Å². The zero-order chi connectivity index (χ0) is 8.20. The predicted molar refractivity (Wildman–Crippen MR) is 38.1 cm³/mol. The van der Waals surface area contributed by atoms with Crippen molar-refractivity contribution in [3.8, 4) is 0 Å². The SMILES string of the molecule is CC(C)(C)COC(=O)NN. The van der Waals surface area contributed by atoms with Gasteiger partial charge in [-0.3, -0.25) is 5.43 Å². The van der Waals surface area contributed by atoms with Gasteiger partial charge in [0, 0.05) is 0 Å². The molecule has 1 amide bonds. The predicted octanol–water partition coefficient (Wildman–Crippen LogP) is 0.632. The summed E-state index contributed by atoms with van der Waals surface area (Å²) in [6, 6.07) is 0. The average molecular weight is 146 g/mol. The van der Waals surface area contributed by atoms with Gasteiger partial charge < -0.3 is 4.74 Å². The largest absolute Gasteiger partial charge is 0.448 e. The molecule has 0 rings (SSSR count). The van der Waals surface area contributed by atoms with Gasteiger partial charge >= 0.3 is 6.09 Å². The minimum absolute atomic E-state index is 0.00743. The van der Waals surface area contributed by atoms with Crippen molar-refractivity contribution < 1.29 is 9.53 Å². The molecule has 0 aromatic rings. The van der Waals surface area contributed by atoms with E-state index in [1.807, 2.05) is 26.2 Å². The molecular formula is C6H14N2O2. The Labute approximate surface area is 60.7 Å². The Bertz CT molecular complexity index is 117. The number of nitrogens with two attached hydrogens (primary N) is 1. The number of rotatable bonds is 1. The fourth-order valence-electron chi connectivity index (χ4n) is 0.324. The first-order valence-electron chi connectivity index (χ1n) is 3.09. The van der Waals surface area contributed by atoms with E-state index in [2.05, 4.69) is 4.74 Å². The third kappa shape index (κ3) is 5.37. The highest BCUT2D eigenvalue weighted by Crippen LogP contribution is 2.12. The molecule has 10 heavy (non-hydrogen) atoms. The standard InChI is InChI=1S/C6H14N2O2/c1-6(2,3)4-10-5(9)8-7/h4,7H2,1-3H3,(H,8,9). The van der Waals surface area contributed by atoms with Gasteiger partial charge in [0.05, 0.1) is 6.61 Å². The van der Waals surface area contributed by atoms with Gasteiger partial charge in [-0.25, -0.2) is 10.6 Å². The number of hydrazine groups is 1. The van der Waals surface area contributed by atoms with Crippen LogP contribution in [0.1, 0.15) is 20.8 Å². The lowest BCUT2D eigenvalue weighted by molar-refractivity contribution is 0.106. The summed E-state index contributed by atoms with van der Waals surface area (Å²) in [5.74, 6) is 4.78. The summed E-state index contributed by atoms with van der Waals surface area (Å²) in [7, 11) is 0. The van der Waals surface area contributed by atoms with Crippen LogP contribution in [-0.2, 0) is 4.74 Å². The van der Waals surface area contributed by atoms with Crippen LogP contribution in [0.4, 0.5) is 4.79 Å². The summed E-state index contributed by atoms with van der Waals surface area (Å²) < 4.78 is 4.68. The molecule has 0 saturated carbocycles. The molecule has 0 spiro atoms. The van der Waals surface area contributed by atoms with Crippen LogP contribution in [0.15, 0.2) is 0 Å². The topological polar surface area (TPSA) is 64.3 Å². The van der Waals surface area contributed by atoms with Gasteiger partial charge in [0.2, 0.25) is 0 Å². The van der Waals surface area contributed by atoms with Crippen molar-refractivity contribution >= 4 is 6.09 Å². The maximum absolute atomic E-state index is 10.4. The number of carbonyl (C=O) groups excluding carboxylic acids is 1. The lowest BCUT2D eigenvalue weighted by Crippen LogP contribution is -2.32. The average Bonchev–Trinajstić information content (AvgIpc) is 1.81. The molecule has 60 valence electrons. The maximum atomic E-state index is 10.4.